The second-order valence-corrected chi connectivity index (χ2v) is 4.36. The lowest BCUT2D eigenvalue weighted by Gasteiger charge is -2.04. The molecular formula is C12H15N7. The average molecular weight is 257 g/mol. The Morgan fingerprint density at radius 3 is 2.89 bits per heavy atom. The predicted octanol–water partition coefficient (Wildman–Crippen LogP) is 0.781. The third kappa shape index (κ3) is 2.04. The van der Waals surface area contributed by atoms with Crippen molar-refractivity contribution in [3.63, 3.8) is 0 Å². The third-order valence-electron chi connectivity index (χ3n) is 3.00. The number of nitrogens with one attached hydrogen (secondary N) is 2. The van der Waals surface area contributed by atoms with E-state index in [4.69, 9.17) is 5.73 Å². The van der Waals surface area contributed by atoms with Crippen LogP contribution in [-0.4, -0.2) is 31.8 Å². The van der Waals surface area contributed by atoms with Gasteiger partial charge in [0.25, 0.3) is 0 Å². The fourth-order valence-electron chi connectivity index (χ4n) is 1.96. The number of hydrogen-bond donors (Lipinski definition) is 3. The van der Waals surface area contributed by atoms with Crippen molar-refractivity contribution in [1.82, 2.24) is 24.7 Å². The van der Waals surface area contributed by atoms with E-state index in [0.29, 0.717) is 11.5 Å². The fraction of sp³-hybridized carbons (Fsp3) is 0.250. The van der Waals surface area contributed by atoms with E-state index in [1.54, 1.807) is 10.9 Å². The number of H-pyrrole nitrogens is 1. The molecule has 0 aliphatic carbocycles. The highest BCUT2D eigenvalue weighted by atomic mass is 15.2. The van der Waals surface area contributed by atoms with Crippen molar-refractivity contribution in [2.45, 2.75) is 6.04 Å². The maximum absolute atomic E-state index is 6.17. The summed E-state index contributed by atoms with van der Waals surface area (Å²) in [5, 5.41) is 7.10. The SMILES string of the molecule is CNc1ccc2[nH]c(C(N)c3cnn(C)c3)nc2n1. The lowest BCUT2D eigenvalue weighted by molar-refractivity contribution is 0.761. The molecule has 1 unspecified atom stereocenters. The molecule has 3 aromatic rings. The first-order valence-electron chi connectivity index (χ1n) is 5.96. The number of fused-ring (bicyclic) bond motifs is 1. The van der Waals surface area contributed by atoms with E-state index in [1.165, 1.54) is 0 Å². The van der Waals surface area contributed by atoms with Gasteiger partial charge in [0.05, 0.1) is 17.8 Å². The molecule has 0 spiro atoms. The summed E-state index contributed by atoms with van der Waals surface area (Å²) >= 11 is 0. The zero-order valence-electron chi connectivity index (χ0n) is 10.8. The monoisotopic (exact) mass is 257 g/mol. The molecule has 0 saturated heterocycles. The zero-order valence-corrected chi connectivity index (χ0v) is 10.8. The van der Waals surface area contributed by atoms with Crippen molar-refractivity contribution >= 4 is 17.0 Å². The Morgan fingerprint density at radius 1 is 1.37 bits per heavy atom. The van der Waals surface area contributed by atoms with E-state index < -0.39 is 0 Å². The minimum atomic E-state index is -0.332. The number of aromatic nitrogens is 5. The molecule has 1 atom stereocenters. The van der Waals surface area contributed by atoms with Crippen LogP contribution >= 0.6 is 0 Å². The Bertz CT molecular complexity index is 712. The van der Waals surface area contributed by atoms with Crippen LogP contribution in [0, 0.1) is 0 Å². The molecule has 19 heavy (non-hydrogen) atoms. The molecule has 0 bridgehead atoms. The van der Waals surface area contributed by atoms with Crippen molar-refractivity contribution < 1.29 is 0 Å². The Kier molecular flexibility index (Phi) is 2.68. The second kappa shape index (κ2) is 4.36. The summed E-state index contributed by atoms with van der Waals surface area (Å²) in [7, 11) is 3.68. The van der Waals surface area contributed by atoms with E-state index in [1.807, 2.05) is 32.4 Å². The van der Waals surface area contributed by atoms with Gasteiger partial charge in [-0.3, -0.25) is 4.68 Å². The predicted molar refractivity (Wildman–Crippen MR) is 72.7 cm³/mol. The van der Waals surface area contributed by atoms with Gasteiger partial charge >= 0.3 is 0 Å². The molecular weight excluding hydrogens is 242 g/mol. The summed E-state index contributed by atoms with van der Waals surface area (Å²) in [5.74, 6) is 1.46. The maximum Gasteiger partial charge on any atom is 0.179 e. The van der Waals surface area contributed by atoms with Crippen LogP contribution in [0.4, 0.5) is 5.82 Å². The van der Waals surface area contributed by atoms with E-state index in [0.717, 1.165) is 16.9 Å². The molecule has 7 heteroatoms. The molecule has 0 fully saturated rings. The highest BCUT2D eigenvalue weighted by Gasteiger charge is 2.15. The molecule has 3 rings (SSSR count). The molecule has 0 aliphatic heterocycles. The van der Waals surface area contributed by atoms with Crippen molar-refractivity contribution in [1.29, 1.82) is 0 Å². The lowest BCUT2D eigenvalue weighted by atomic mass is 10.2. The van der Waals surface area contributed by atoms with Crippen LogP contribution < -0.4 is 11.1 Å². The summed E-state index contributed by atoms with van der Waals surface area (Å²) in [6.45, 7) is 0. The number of hydrogen-bond acceptors (Lipinski definition) is 5. The van der Waals surface area contributed by atoms with Crippen molar-refractivity contribution in [2.24, 2.45) is 12.8 Å². The van der Waals surface area contributed by atoms with Gasteiger partial charge in [-0.15, -0.1) is 0 Å². The van der Waals surface area contributed by atoms with Gasteiger partial charge in [-0.1, -0.05) is 0 Å². The normalized spacial score (nSPS) is 12.8. The number of imidazole rings is 1. The highest BCUT2D eigenvalue weighted by molar-refractivity contribution is 5.73. The number of nitrogens with zero attached hydrogens (tertiary/aromatic N) is 4. The summed E-state index contributed by atoms with van der Waals surface area (Å²) in [6, 6.07) is 3.49. The largest absolute Gasteiger partial charge is 0.373 e. The number of anilines is 1. The van der Waals surface area contributed by atoms with Gasteiger partial charge in [-0.25, -0.2) is 9.97 Å². The smallest absolute Gasteiger partial charge is 0.179 e. The van der Waals surface area contributed by atoms with Crippen molar-refractivity contribution in [2.75, 3.05) is 12.4 Å². The summed E-state index contributed by atoms with van der Waals surface area (Å²) in [4.78, 5) is 12.0. The maximum atomic E-state index is 6.17. The van der Waals surface area contributed by atoms with Crippen LogP contribution in [0.1, 0.15) is 17.4 Å². The molecule has 0 amide bonds. The first-order chi connectivity index (χ1) is 9.17. The Hall–Kier alpha value is -2.41. The van der Waals surface area contributed by atoms with Crippen molar-refractivity contribution in [3.05, 3.63) is 35.9 Å². The molecule has 0 saturated carbocycles. The van der Waals surface area contributed by atoms with Crippen LogP contribution in [0.2, 0.25) is 0 Å². The van der Waals surface area contributed by atoms with Gasteiger partial charge < -0.3 is 16.0 Å². The Labute approximate surface area is 109 Å². The standard InChI is InChI=1S/C12H15N7/c1-14-9-4-3-8-11(17-9)18-12(16-8)10(13)7-5-15-19(2)6-7/h3-6,10H,13H2,1-2H3,(H2,14,16,17,18). The van der Waals surface area contributed by atoms with E-state index in [-0.39, 0.29) is 6.04 Å². The molecule has 0 radical (unpaired) electrons. The second-order valence-electron chi connectivity index (χ2n) is 4.36. The first-order valence-corrected chi connectivity index (χ1v) is 5.96. The average Bonchev–Trinajstić information content (AvgIpc) is 3.02. The van der Waals surface area contributed by atoms with Gasteiger partial charge in [0.15, 0.2) is 5.65 Å². The first kappa shape index (κ1) is 11.7. The Balaban J connectivity index is 2.00. The quantitative estimate of drug-likeness (QED) is 0.644. The molecule has 4 N–H and O–H groups in total. The van der Waals surface area contributed by atoms with Gasteiger partial charge in [0.1, 0.15) is 11.6 Å². The fourth-order valence-corrected chi connectivity index (χ4v) is 1.96. The number of nitrogens with two attached hydrogens (primary N) is 1. The third-order valence-corrected chi connectivity index (χ3v) is 3.00. The van der Waals surface area contributed by atoms with Crippen LogP contribution in [0.25, 0.3) is 11.2 Å². The summed E-state index contributed by atoms with van der Waals surface area (Å²) in [5.41, 5.74) is 8.61. The van der Waals surface area contributed by atoms with Gasteiger partial charge in [0, 0.05) is 25.9 Å². The molecule has 0 aliphatic rings. The minimum absolute atomic E-state index is 0.332. The number of rotatable bonds is 3. The van der Waals surface area contributed by atoms with Gasteiger partial charge in [-0.2, -0.15) is 5.10 Å². The Morgan fingerprint density at radius 2 is 2.21 bits per heavy atom. The van der Waals surface area contributed by atoms with E-state index in [2.05, 4.69) is 25.4 Å². The number of aromatic amines is 1. The van der Waals surface area contributed by atoms with Crippen LogP contribution in [0.5, 0.6) is 0 Å². The minimum Gasteiger partial charge on any atom is -0.373 e. The summed E-state index contributed by atoms with van der Waals surface area (Å²) < 4.78 is 1.72. The zero-order chi connectivity index (χ0) is 13.4. The molecule has 7 nitrogen and oxygen atoms in total. The molecule has 3 heterocycles. The number of aryl methyl sites for hydroxylation is 1. The van der Waals surface area contributed by atoms with Gasteiger partial charge in [-0.05, 0) is 12.1 Å². The van der Waals surface area contributed by atoms with Crippen LogP contribution in [0.15, 0.2) is 24.5 Å². The van der Waals surface area contributed by atoms with E-state index in [9.17, 15) is 0 Å². The molecule has 3 aromatic heterocycles. The lowest BCUT2D eigenvalue weighted by Crippen LogP contribution is -2.12. The molecule has 98 valence electrons. The van der Waals surface area contributed by atoms with Crippen LogP contribution in [0.3, 0.4) is 0 Å². The van der Waals surface area contributed by atoms with Crippen LogP contribution in [-0.2, 0) is 7.05 Å². The van der Waals surface area contributed by atoms with Gasteiger partial charge in [0.2, 0.25) is 0 Å². The molecule has 0 aromatic carbocycles. The topological polar surface area (TPSA) is 97.4 Å². The van der Waals surface area contributed by atoms with Crippen molar-refractivity contribution in [3.8, 4) is 0 Å². The number of pyridine rings is 1. The van der Waals surface area contributed by atoms with E-state index >= 15 is 0 Å². The highest BCUT2D eigenvalue weighted by Crippen LogP contribution is 2.20. The summed E-state index contributed by atoms with van der Waals surface area (Å²) in [6.07, 6.45) is 3.62.